The summed E-state index contributed by atoms with van der Waals surface area (Å²) < 4.78 is 0. The fraction of sp³-hybridized carbons (Fsp3) is 0.529. The summed E-state index contributed by atoms with van der Waals surface area (Å²) in [5, 5.41) is 14.8. The van der Waals surface area contributed by atoms with Crippen molar-refractivity contribution in [3.8, 4) is 6.07 Å². The maximum absolute atomic E-state index is 12.1. The second-order valence-corrected chi connectivity index (χ2v) is 5.60. The van der Waals surface area contributed by atoms with Gasteiger partial charge in [-0.2, -0.15) is 5.26 Å². The van der Waals surface area contributed by atoms with Crippen molar-refractivity contribution in [1.82, 2.24) is 10.2 Å². The lowest BCUT2D eigenvalue weighted by atomic mass is 10.1. The van der Waals surface area contributed by atoms with Gasteiger partial charge in [0.05, 0.1) is 11.6 Å². The molecule has 2 amide bonds. The van der Waals surface area contributed by atoms with E-state index in [2.05, 4.69) is 28.5 Å². The summed E-state index contributed by atoms with van der Waals surface area (Å²) in [5.74, 6) is 0. The number of likely N-dealkylation sites (tertiary alicyclic amines) is 1. The van der Waals surface area contributed by atoms with E-state index >= 15 is 0 Å². The van der Waals surface area contributed by atoms with Crippen LogP contribution in [0.25, 0.3) is 0 Å². The van der Waals surface area contributed by atoms with Crippen LogP contribution < -0.4 is 10.6 Å². The maximum Gasteiger partial charge on any atom is 0.319 e. The molecule has 118 valence electrons. The number of benzene rings is 1. The number of anilines is 1. The molecule has 0 radical (unpaired) electrons. The average molecular weight is 300 g/mol. The second kappa shape index (κ2) is 7.81. The van der Waals surface area contributed by atoms with Crippen LogP contribution in [0.3, 0.4) is 0 Å². The standard InChI is InChI=1S/C17H24N4O/c1-3-14-10-13(11-18)7-8-16(14)20-17(22)19-12-15-6-5-9-21(15)4-2/h7-8,10,15H,3-6,9,12H2,1-2H3,(H2,19,20,22). The molecule has 5 heteroatoms. The first kappa shape index (κ1) is 16.3. The molecule has 0 aliphatic carbocycles. The van der Waals surface area contributed by atoms with Gasteiger partial charge in [0.15, 0.2) is 0 Å². The number of amides is 2. The van der Waals surface area contributed by atoms with Crippen molar-refractivity contribution in [1.29, 1.82) is 5.26 Å². The van der Waals surface area contributed by atoms with Crippen molar-refractivity contribution >= 4 is 11.7 Å². The minimum Gasteiger partial charge on any atom is -0.336 e. The quantitative estimate of drug-likeness (QED) is 0.878. The zero-order chi connectivity index (χ0) is 15.9. The van der Waals surface area contributed by atoms with E-state index in [1.807, 2.05) is 13.0 Å². The summed E-state index contributed by atoms with van der Waals surface area (Å²) in [4.78, 5) is 14.5. The van der Waals surface area contributed by atoms with Crippen LogP contribution in [0.4, 0.5) is 10.5 Å². The molecule has 5 nitrogen and oxygen atoms in total. The van der Waals surface area contributed by atoms with E-state index in [1.54, 1.807) is 12.1 Å². The van der Waals surface area contributed by atoms with E-state index in [0.29, 0.717) is 18.2 Å². The van der Waals surface area contributed by atoms with Crippen molar-refractivity contribution in [3.63, 3.8) is 0 Å². The predicted molar refractivity (Wildman–Crippen MR) is 87.8 cm³/mol. The third kappa shape index (κ3) is 3.99. The molecular weight excluding hydrogens is 276 g/mol. The number of hydrogen-bond donors (Lipinski definition) is 2. The van der Waals surface area contributed by atoms with E-state index in [1.165, 1.54) is 6.42 Å². The molecule has 1 fully saturated rings. The molecule has 0 spiro atoms. The SMILES string of the molecule is CCc1cc(C#N)ccc1NC(=O)NCC1CCCN1CC. The molecular formula is C17H24N4O. The highest BCUT2D eigenvalue weighted by Crippen LogP contribution is 2.18. The number of hydrogen-bond acceptors (Lipinski definition) is 3. The smallest absolute Gasteiger partial charge is 0.319 e. The highest BCUT2D eigenvalue weighted by Gasteiger charge is 2.23. The van der Waals surface area contributed by atoms with Crippen LogP contribution in [0.2, 0.25) is 0 Å². The molecule has 2 rings (SSSR count). The summed E-state index contributed by atoms with van der Waals surface area (Å²) in [6.45, 7) is 7.00. The summed E-state index contributed by atoms with van der Waals surface area (Å²) >= 11 is 0. The number of nitriles is 1. The molecule has 1 aromatic rings. The average Bonchev–Trinajstić information content (AvgIpc) is 3.00. The van der Waals surface area contributed by atoms with Crippen molar-refractivity contribution in [3.05, 3.63) is 29.3 Å². The highest BCUT2D eigenvalue weighted by atomic mass is 16.2. The molecule has 1 unspecified atom stereocenters. The van der Waals surface area contributed by atoms with Crippen molar-refractivity contribution in [2.45, 2.75) is 39.2 Å². The van der Waals surface area contributed by atoms with E-state index in [4.69, 9.17) is 5.26 Å². The van der Waals surface area contributed by atoms with Crippen LogP contribution in [0.1, 0.15) is 37.8 Å². The van der Waals surface area contributed by atoms with Crippen molar-refractivity contribution in [2.24, 2.45) is 0 Å². The van der Waals surface area contributed by atoms with Gasteiger partial charge in [0.1, 0.15) is 0 Å². The Bertz CT molecular complexity index is 564. The van der Waals surface area contributed by atoms with Gasteiger partial charge in [0.2, 0.25) is 0 Å². The number of carbonyl (C=O) groups excluding carboxylic acids is 1. The molecule has 1 aliphatic heterocycles. The number of aryl methyl sites for hydroxylation is 1. The van der Waals surface area contributed by atoms with Gasteiger partial charge in [0.25, 0.3) is 0 Å². The van der Waals surface area contributed by atoms with Gasteiger partial charge < -0.3 is 10.6 Å². The Morgan fingerprint density at radius 2 is 2.27 bits per heavy atom. The molecule has 0 saturated carbocycles. The Morgan fingerprint density at radius 1 is 1.45 bits per heavy atom. The van der Waals surface area contributed by atoms with Gasteiger partial charge in [0, 0.05) is 18.3 Å². The number of nitrogens with one attached hydrogen (secondary N) is 2. The monoisotopic (exact) mass is 300 g/mol. The van der Waals surface area contributed by atoms with Gasteiger partial charge >= 0.3 is 6.03 Å². The van der Waals surface area contributed by atoms with Crippen molar-refractivity contribution < 1.29 is 4.79 Å². The van der Waals surface area contributed by atoms with Gasteiger partial charge in [-0.05, 0) is 56.1 Å². The van der Waals surface area contributed by atoms with Crippen LogP contribution in [0.15, 0.2) is 18.2 Å². The largest absolute Gasteiger partial charge is 0.336 e. The van der Waals surface area contributed by atoms with Gasteiger partial charge in [-0.25, -0.2) is 4.79 Å². The third-order valence-corrected chi connectivity index (χ3v) is 4.27. The Kier molecular flexibility index (Phi) is 5.79. The van der Waals surface area contributed by atoms with Crippen LogP contribution in [0.5, 0.6) is 0 Å². The topological polar surface area (TPSA) is 68.2 Å². The lowest BCUT2D eigenvalue weighted by Gasteiger charge is -2.23. The lowest BCUT2D eigenvalue weighted by molar-refractivity contribution is 0.238. The van der Waals surface area contributed by atoms with E-state index in [9.17, 15) is 4.79 Å². The number of likely N-dealkylation sites (N-methyl/N-ethyl adjacent to an activating group) is 1. The van der Waals surface area contributed by atoms with Gasteiger partial charge in [-0.15, -0.1) is 0 Å². The van der Waals surface area contributed by atoms with E-state index in [0.717, 1.165) is 37.2 Å². The first-order valence-electron chi connectivity index (χ1n) is 7.99. The van der Waals surface area contributed by atoms with Crippen LogP contribution >= 0.6 is 0 Å². The Balaban J connectivity index is 1.91. The lowest BCUT2D eigenvalue weighted by Crippen LogP contribution is -2.41. The van der Waals surface area contributed by atoms with Crippen LogP contribution in [-0.2, 0) is 6.42 Å². The summed E-state index contributed by atoms with van der Waals surface area (Å²) in [6, 6.07) is 7.74. The Hall–Kier alpha value is -2.06. The molecule has 22 heavy (non-hydrogen) atoms. The molecule has 1 aromatic carbocycles. The number of carbonyl (C=O) groups is 1. The molecule has 2 N–H and O–H groups in total. The molecule has 1 heterocycles. The number of urea groups is 1. The van der Waals surface area contributed by atoms with Crippen molar-refractivity contribution in [2.75, 3.05) is 25.0 Å². The first-order chi connectivity index (χ1) is 10.7. The van der Waals surface area contributed by atoms with E-state index in [-0.39, 0.29) is 6.03 Å². The number of nitrogens with zero attached hydrogens (tertiary/aromatic N) is 2. The minimum absolute atomic E-state index is 0.178. The zero-order valence-electron chi connectivity index (χ0n) is 13.4. The minimum atomic E-state index is -0.178. The molecule has 0 bridgehead atoms. The molecule has 1 atom stereocenters. The first-order valence-corrected chi connectivity index (χ1v) is 7.99. The fourth-order valence-corrected chi connectivity index (χ4v) is 3.00. The summed E-state index contributed by atoms with van der Waals surface area (Å²) in [6.07, 6.45) is 3.12. The predicted octanol–water partition coefficient (Wildman–Crippen LogP) is 2.73. The number of rotatable bonds is 5. The van der Waals surface area contributed by atoms with Gasteiger partial charge in [-0.1, -0.05) is 13.8 Å². The summed E-state index contributed by atoms with van der Waals surface area (Å²) in [7, 11) is 0. The summed E-state index contributed by atoms with van der Waals surface area (Å²) in [5.41, 5.74) is 2.37. The molecule has 1 aliphatic rings. The van der Waals surface area contributed by atoms with Crippen LogP contribution in [0, 0.1) is 11.3 Å². The fourth-order valence-electron chi connectivity index (χ4n) is 3.00. The van der Waals surface area contributed by atoms with Crippen LogP contribution in [-0.4, -0.2) is 36.6 Å². The maximum atomic E-state index is 12.1. The second-order valence-electron chi connectivity index (χ2n) is 5.60. The molecule has 0 aromatic heterocycles. The third-order valence-electron chi connectivity index (χ3n) is 4.27. The highest BCUT2D eigenvalue weighted by molar-refractivity contribution is 5.90. The Morgan fingerprint density at radius 3 is 2.95 bits per heavy atom. The Labute approximate surface area is 132 Å². The zero-order valence-corrected chi connectivity index (χ0v) is 13.4. The van der Waals surface area contributed by atoms with E-state index < -0.39 is 0 Å². The normalized spacial score (nSPS) is 18.0. The molecule has 1 saturated heterocycles. The van der Waals surface area contributed by atoms with Gasteiger partial charge in [-0.3, -0.25) is 4.90 Å².